The van der Waals surface area contributed by atoms with Crippen LogP contribution in [0.4, 0.5) is 40.9 Å². The van der Waals surface area contributed by atoms with Crippen LogP contribution in [0, 0.1) is 17.6 Å². The number of carbonyl (C=O) groups excluding carboxylic acids is 1. The van der Waals surface area contributed by atoms with Crippen LogP contribution in [0.15, 0.2) is 47.3 Å². The number of sulfonamides is 1. The number of hydrogen-bond acceptors (Lipinski definition) is 8. The highest BCUT2D eigenvalue weighted by Crippen LogP contribution is 2.68. The zero-order valence-corrected chi connectivity index (χ0v) is 36.9. The predicted octanol–water partition coefficient (Wildman–Crippen LogP) is 8.56. The fourth-order valence-electron chi connectivity index (χ4n) is 9.18. The van der Waals surface area contributed by atoms with Gasteiger partial charge in [0.15, 0.2) is 11.5 Å². The lowest BCUT2D eigenvalue weighted by Crippen LogP contribution is -2.38. The van der Waals surface area contributed by atoms with Crippen LogP contribution in [0.3, 0.4) is 0 Å². The number of benzene rings is 2. The molecule has 0 saturated heterocycles. The first-order valence-corrected chi connectivity index (χ1v) is 23.6. The molecule has 4 aromatic heterocycles. The molecule has 9 rings (SSSR count). The lowest BCUT2D eigenvalue weighted by atomic mass is 9.84. The van der Waals surface area contributed by atoms with Crippen molar-refractivity contribution in [1.29, 1.82) is 0 Å². The Bertz CT molecular complexity index is 3080. The molecule has 3 aliphatic rings. The molecule has 6 aromatic rings. The Morgan fingerprint density at radius 2 is 1.71 bits per heavy atom. The highest BCUT2D eigenvalue weighted by atomic mass is 79.9. The average molecular weight is 1020 g/mol. The number of anilines is 1. The normalized spacial score (nSPS) is 19.4. The van der Waals surface area contributed by atoms with E-state index < -0.39 is 112 Å². The molecule has 0 radical (unpaired) electrons. The number of halogens is 10. The molecule has 3 atom stereocenters. The second-order valence-electron chi connectivity index (χ2n) is 16.6. The maximum atomic E-state index is 15.6. The van der Waals surface area contributed by atoms with E-state index in [9.17, 15) is 39.6 Å². The maximum Gasteiger partial charge on any atom is 0.293 e. The van der Waals surface area contributed by atoms with E-state index in [0.717, 1.165) is 23.0 Å². The van der Waals surface area contributed by atoms with Crippen LogP contribution >= 0.6 is 27.5 Å². The molecular formula is C41H35BrClF8N9O4S. The van der Waals surface area contributed by atoms with Gasteiger partial charge < -0.3 is 5.32 Å². The van der Waals surface area contributed by atoms with E-state index in [1.54, 1.807) is 0 Å². The molecular weight excluding hydrogens is 982 g/mol. The van der Waals surface area contributed by atoms with E-state index in [-0.39, 0.29) is 86.6 Å². The van der Waals surface area contributed by atoms with Gasteiger partial charge in [-0.2, -0.15) is 19.0 Å². The Kier molecular flexibility index (Phi) is 11.3. The molecule has 344 valence electrons. The molecule has 0 aliphatic heterocycles. The molecule has 24 heteroatoms. The van der Waals surface area contributed by atoms with Crippen LogP contribution in [-0.2, 0) is 40.3 Å². The minimum atomic E-state index is -3.97. The monoisotopic (exact) mass is 1020 g/mol. The summed E-state index contributed by atoms with van der Waals surface area (Å²) in [6.07, 6.45) is -3.61. The number of alkyl halides is 7. The number of aryl methyl sites for hydroxylation is 1. The molecule has 1 amide bonds. The second-order valence-corrected chi connectivity index (χ2v) is 19.5. The van der Waals surface area contributed by atoms with Crippen molar-refractivity contribution in [3.05, 3.63) is 104 Å². The molecule has 2 fully saturated rings. The second kappa shape index (κ2) is 16.3. The van der Waals surface area contributed by atoms with Crippen molar-refractivity contribution in [2.24, 2.45) is 5.92 Å². The van der Waals surface area contributed by atoms with Crippen molar-refractivity contribution < 1.29 is 48.3 Å². The Balaban J connectivity index is 1.25. The molecule has 13 nitrogen and oxygen atoms in total. The largest absolute Gasteiger partial charge is 0.344 e. The van der Waals surface area contributed by atoms with E-state index in [1.807, 2.05) is 0 Å². The SMILES string of the molecule is CS(=O)(=O)Nc1nn(CCBr)c2c(-n3c([C@H](Cc4cc(F)cc(F)c4)NC(=O)Cn4nc(C(F)F)c5c4C(F)(F)[C@@H]4C[C@H]54)nc4nc(C5CCC(F)(F)CC5)ccc4c3=O)ccc(Cl)c12. The number of nitrogens with one attached hydrogen (secondary N) is 2. The van der Waals surface area contributed by atoms with E-state index in [1.165, 1.54) is 28.9 Å². The van der Waals surface area contributed by atoms with Crippen molar-refractivity contribution >= 4 is 71.2 Å². The minimum Gasteiger partial charge on any atom is -0.344 e. The predicted molar refractivity (Wildman–Crippen MR) is 225 cm³/mol. The Labute approximate surface area is 376 Å². The summed E-state index contributed by atoms with van der Waals surface area (Å²) >= 11 is 10.0. The third-order valence-corrected chi connectivity index (χ3v) is 13.3. The number of rotatable bonds is 13. The summed E-state index contributed by atoms with van der Waals surface area (Å²) in [6, 6.07) is 6.50. The highest BCUT2D eigenvalue weighted by molar-refractivity contribution is 9.09. The number of pyridine rings is 1. The molecule has 0 spiro atoms. The summed E-state index contributed by atoms with van der Waals surface area (Å²) in [6.45, 7) is -0.968. The summed E-state index contributed by atoms with van der Waals surface area (Å²) < 4.78 is 148. The molecule has 3 aliphatic carbocycles. The van der Waals surface area contributed by atoms with E-state index in [4.69, 9.17) is 16.6 Å². The van der Waals surface area contributed by atoms with Crippen LogP contribution in [0.5, 0.6) is 0 Å². The molecule has 0 unspecified atom stereocenters. The third-order valence-electron chi connectivity index (χ3n) is 12.0. The van der Waals surface area contributed by atoms with Gasteiger partial charge in [0.1, 0.15) is 35.4 Å². The number of aromatic nitrogens is 7. The Morgan fingerprint density at radius 1 is 1.00 bits per heavy atom. The van der Waals surface area contributed by atoms with Gasteiger partial charge in [-0.3, -0.25) is 28.2 Å². The van der Waals surface area contributed by atoms with Crippen LogP contribution in [0.1, 0.15) is 90.4 Å². The zero-order valence-electron chi connectivity index (χ0n) is 33.7. The smallest absolute Gasteiger partial charge is 0.293 e. The number of hydrogen-bond donors (Lipinski definition) is 2. The topological polar surface area (TPSA) is 159 Å². The molecule has 65 heavy (non-hydrogen) atoms. The fourth-order valence-corrected chi connectivity index (χ4v) is 10.3. The Hall–Kier alpha value is -5.16. The summed E-state index contributed by atoms with van der Waals surface area (Å²) in [4.78, 5) is 38.7. The maximum absolute atomic E-state index is 15.6. The van der Waals surface area contributed by atoms with Gasteiger partial charge in [-0.1, -0.05) is 27.5 Å². The van der Waals surface area contributed by atoms with E-state index >= 15 is 13.6 Å². The van der Waals surface area contributed by atoms with E-state index in [0.29, 0.717) is 16.4 Å². The van der Waals surface area contributed by atoms with Gasteiger partial charge in [-0.15, -0.1) is 0 Å². The van der Waals surface area contributed by atoms with Crippen molar-refractivity contribution in [2.45, 2.75) is 87.8 Å². The van der Waals surface area contributed by atoms with Crippen LogP contribution in [-0.4, -0.2) is 65.9 Å². The highest BCUT2D eigenvalue weighted by Gasteiger charge is 2.67. The van der Waals surface area contributed by atoms with Crippen molar-refractivity contribution in [3.8, 4) is 5.69 Å². The van der Waals surface area contributed by atoms with Crippen molar-refractivity contribution in [2.75, 3.05) is 16.3 Å². The van der Waals surface area contributed by atoms with Gasteiger partial charge in [0, 0.05) is 53.8 Å². The molecule has 2 N–H and O–H groups in total. The summed E-state index contributed by atoms with van der Waals surface area (Å²) in [5, 5.41) is 10.9. The first-order chi connectivity index (χ1) is 30.6. The number of fused-ring (bicyclic) bond motifs is 5. The van der Waals surface area contributed by atoms with Gasteiger partial charge in [-0.05, 0) is 67.1 Å². The van der Waals surface area contributed by atoms with E-state index in [2.05, 4.69) is 41.2 Å². The average Bonchev–Trinajstić information content (AvgIpc) is 3.74. The number of nitrogens with zero attached hydrogens (tertiary/aromatic N) is 7. The van der Waals surface area contributed by atoms with Gasteiger partial charge in [0.05, 0.1) is 45.8 Å². The van der Waals surface area contributed by atoms with Gasteiger partial charge in [0.2, 0.25) is 21.9 Å². The van der Waals surface area contributed by atoms with Crippen LogP contribution < -0.4 is 15.6 Å². The number of carbonyl (C=O) groups is 1. The lowest BCUT2D eigenvalue weighted by Gasteiger charge is -2.28. The lowest BCUT2D eigenvalue weighted by molar-refractivity contribution is -0.123. The fraction of sp³-hybridized carbons (Fsp3) is 0.415. The third kappa shape index (κ3) is 8.36. The first kappa shape index (κ1) is 45.0. The molecule has 0 bridgehead atoms. The van der Waals surface area contributed by atoms with Gasteiger partial charge >= 0.3 is 0 Å². The molecule has 2 aromatic carbocycles. The van der Waals surface area contributed by atoms with Gasteiger partial charge in [0.25, 0.3) is 17.9 Å². The summed E-state index contributed by atoms with van der Waals surface area (Å²) in [5.74, 6) is -12.7. The summed E-state index contributed by atoms with van der Waals surface area (Å²) in [7, 11) is -3.97. The van der Waals surface area contributed by atoms with Crippen LogP contribution in [0.2, 0.25) is 5.02 Å². The quantitative estimate of drug-likeness (QED) is 0.0861. The number of amides is 1. The zero-order chi connectivity index (χ0) is 46.5. The molecule has 2 saturated carbocycles. The van der Waals surface area contributed by atoms with Crippen molar-refractivity contribution in [1.82, 2.24) is 39.4 Å². The minimum absolute atomic E-state index is 0.00659. The summed E-state index contributed by atoms with van der Waals surface area (Å²) in [5.41, 5.74) is -2.81. The first-order valence-electron chi connectivity index (χ1n) is 20.2. The molecule has 4 heterocycles. The standard InChI is InChI=1S/C41H35BrClF8N9O4S/c1-65(63,64)57-37-31-25(43)3-5-28(33(31)58(56-37)11-10-42)60-38(54-36-22(39(60)62)2-4-26(53-36)19-6-8-40(48,49)9-7-19)27(14-18-12-20(44)15-21(45)13-18)52-29(61)17-59-34-30(32(55-59)35(46)47)23-16-24(23)41(34,50)51/h2-5,12-13,15,19,23-24,27,35H,6-11,14,16-17H2,1H3,(H,52,61)(H,56,57)/t23-,24+,27-/m0/s1. The van der Waals surface area contributed by atoms with Crippen molar-refractivity contribution in [3.63, 3.8) is 0 Å². The Morgan fingerprint density at radius 3 is 2.37 bits per heavy atom. The van der Waals surface area contributed by atoms with Crippen LogP contribution in [0.25, 0.3) is 27.6 Å². The van der Waals surface area contributed by atoms with Gasteiger partial charge in [-0.25, -0.2) is 44.7 Å².